The molecule has 1 saturated heterocycles. The van der Waals surface area contributed by atoms with E-state index in [1.807, 2.05) is 30.3 Å². The van der Waals surface area contributed by atoms with Gasteiger partial charge in [0.25, 0.3) is 5.91 Å². The van der Waals surface area contributed by atoms with Gasteiger partial charge in [0.15, 0.2) is 6.54 Å². The fourth-order valence-corrected chi connectivity index (χ4v) is 3.69. The largest absolute Gasteiger partial charge is 0.495 e. The zero-order valence-electron chi connectivity index (χ0n) is 17.2. The molecule has 0 aliphatic carbocycles. The molecule has 1 amide bonds. The van der Waals surface area contributed by atoms with Crippen LogP contribution in [-0.2, 0) is 4.79 Å². The molecular formula is C23H32N3O2+. The van der Waals surface area contributed by atoms with Crippen molar-refractivity contribution in [3.8, 4) is 5.75 Å². The highest BCUT2D eigenvalue weighted by Crippen LogP contribution is 2.27. The molecule has 1 atom stereocenters. The Morgan fingerprint density at radius 1 is 1.14 bits per heavy atom. The fourth-order valence-electron chi connectivity index (χ4n) is 3.69. The first-order valence-electron chi connectivity index (χ1n) is 10.2. The first kappa shape index (κ1) is 20.2. The standard InChI is InChI=1S/C23H31N3O2/c1-4-18(2)19-9-11-20(12-10-19)24-23(27)17-25-13-15-26(16-14-25)21-7-5-6-8-22(21)28-3/h5-12,18H,4,13-17H2,1-3H3,(H,24,27)/p+1/t18-/m1/s1. The summed E-state index contributed by atoms with van der Waals surface area (Å²) in [4.78, 5) is 16.1. The summed E-state index contributed by atoms with van der Waals surface area (Å²) in [5.74, 6) is 1.54. The predicted octanol–water partition coefficient (Wildman–Crippen LogP) is 2.55. The van der Waals surface area contributed by atoms with Gasteiger partial charge < -0.3 is 19.9 Å². The Morgan fingerprint density at radius 2 is 1.82 bits per heavy atom. The molecule has 28 heavy (non-hydrogen) atoms. The second-order valence-corrected chi connectivity index (χ2v) is 7.57. The Kier molecular flexibility index (Phi) is 6.93. The van der Waals surface area contributed by atoms with Crippen LogP contribution >= 0.6 is 0 Å². The highest BCUT2D eigenvalue weighted by atomic mass is 16.5. The van der Waals surface area contributed by atoms with Crippen molar-refractivity contribution in [2.75, 3.05) is 50.1 Å². The molecule has 1 heterocycles. The second kappa shape index (κ2) is 9.60. The van der Waals surface area contributed by atoms with Gasteiger partial charge in [0.1, 0.15) is 5.75 Å². The number of hydrogen-bond donors (Lipinski definition) is 2. The summed E-state index contributed by atoms with van der Waals surface area (Å²) in [6.07, 6.45) is 1.12. The number of quaternary nitrogens is 1. The van der Waals surface area contributed by atoms with Crippen LogP contribution in [-0.4, -0.2) is 45.7 Å². The van der Waals surface area contributed by atoms with Gasteiger partial charge in [-0.15, -0.1) is 0 Å². The number of rotatable bonds is 7. The Bertz CT molecular complexity index is 768. The third kappa shape index (κ3) is 5.04. The third-order valence-electron chi connectivity index (χ3n) is 5.68. The third-order valence-corrected chi connectivity index (χ3v) is 5.68. The topological polar surface area (TPSA) is 46.0 Å². The first-order valence-corrected chi connectivity index (χ1v) is 10.2. The van der Waals surface area contributed by atoms with Crippen molar-refractivity contribution < 1.29 is 14.4 Å². The SMILES string of the molecule is CC[C@@H](C)c1ccc(NC(=O)C[NH+]2CCN(c3ccccc3OC)CC2)cc1. The number of nitrogens with one attached hydrogen (secondary N) is 2. The average Bonchev–Trinajstić information content (AvgIpc) is 2.74. The molecule has 0 aromatic heterocycles. The van der Waals surface area contributed by atoms with Crippen LogP contribution in [0.3, 0.4) is 0 Å². The molecule has 5 nitrogen and oxygen atoms in total. The summed E-state index contributed by atoms with van der Waals surface area (Å²) < 4.78 is 5.47. The Hall–Kier alpha value is -2.53. The van der Waals surface area contributed by atoms with Crippen LogP contribution < -0.4 is 19.9 Å². The lowest BCUT2D eigenvalue weighted by Gasteiger charge is -2.34. The van der Waals surface area contributed by atoms with E-state index in [-0.39, 0.29) is 5.91 Å². The first-order chi connectivity index (χ1) is 13.6. The number of hydrogen-bond acceptors (Lipinski definition) is 3. The second-order valence-electron chi connectivity index (χ2n) is 7.57. The Morgan fingerprint density at radius 3 is 2.46 bits per heavy atom. The van der Waals surface area contributed by atoms with E-state index in [0.717, 1.165) is 49.7 Å². The molecule has 1 aliphatic rings. The summed E-state index contributed by atoms with van der Waals surface area (Å²) >= 11 is 0. The minimum Gasteiger partial charge on any atom is -0.495 e. The Balaban J connectivity index is 1.48. The normalized spacial score (nSPS) is 15.9. The van der Waals surface area contributed by atoms with Crippen molar-refractivity contribution in [3.63, 3.8) is 0 Å². The lowest BCUT2D eigenvalue weighted by Crippen LogP contribution is -3.15. The van der Waals surface area contributed by atoms with E-state index in [9.17, 15) is 4.79 Å². The van der Waals surface area contributed by atoms with Crippen molar-refractivity contribution in [2.45, 2.75) is 26.2 Å². The predicted molar refractivity (Wildman–Crippen MR) is 115 cm³/mol. The molecule has 0 saturated carbocycles. The van der Waals surface area contributed by atoms with Crippen molar-refractivity contribution in [1.29, 1.82) is 0 Å². The number of nitrogens with zero attached hydrogens (tertiary/aromatic N) is 1. The van der Waals surface area contributed by atoms with Crippen LogP contribution in [0, 0.1) is 0 Å². The van der Waals surface area contributed by atoms with E-state index in [1.165, 1.54) is 10.5 Å². The van der Waals surface area contributed by atoms with Crippen molar-refractivity contribution in [1.82, 2.24) is 0 Å². The lowest BCUT2D eigenvalue weighted by molar-refractivity contribution is -0.892. The van der Waals surface area contributed by atoms with Crippen LogP contribution in [0.25, 0.3) is 0 Å². The van der Waals surface area contributed by atoms with Crippen LogP contribution in [0.1, 0.15) is 31.7 Å². The molecule has 3 rings (SSSR count). The van der Waals surface area contributed by atoms with Gasteiger partial charge in [0, 0.05) is 5.69 Å². The summed E-state index contributed by atoms with van der Waals surface area (Å²) in [6, 6.07) is 16.4. The molecular weight excluding hydrogens is 350 g/mol. The number of amides is 1. The number of carbonyl (C=O) groups excluding carboxylic acids is 1. The number of benzene rings is 2. The molecule has 150 valence electrons. The van der Waals surface area contributed by atoms with E-state index >= 15 is 0 Å². The number of para-hydroxylation sites is 2. The fraction of sp³-hybridized carbons (Fsp3) is 0.435. The van der Waals surface area contributed by atoms with Gasteiger partial charge in [-0.05, 0) is 42.2 Å². The van der Waals surface area contributed by atoms with E-state index in [4.69, 9.17) is 4.74 Å². The molecule has 2 N–H and O–H groups in total. The van der Waals surface area contributed by atoms with Gasteiger partial charge in [0.05, 0.1) is 39.0 Å². The molecule has 0 radical (unpaired) electrons. The number of ether oxygens (including phenoxy) is 1. The van der Waals surface area contributed by atoms with Crippen LogP contribution in [0.4, 0.5) is 11.4 Å². The van der Waals surface area contributed by atoms with Crippen molar-refractivity contribution in [2.24, 2.45) is 0 Å². The lowest BCUT2D eigenvalue weighted by atomic mass is 9.99. The monoisotopic (exact) mass is 382 g/mol. The Labute approximate surface area is 168 Å². The number of carbonyl (C=O) groups is 1. The van der Waals surface area contributed by atoms with Crippen LogP contribution in [0.2, 0.25) is 0 Å². The smallest absolute Gasteiger partial charge is 0.279 e. The minimum absolute atomic E-state index is 0.0806. The molecule has 1 fully saturated rings. The van der Waals surface area contributed by atoms with Crippen molar-refractivity contribution in [3.05, 3.63) is 54.1 Å². The minimum atomic E-state index is 0.0806. The van der Waals surface area contributed by atoms with Gasteiger partial charge in [0.2, 0.25) is 0 Å². The van der Waals surface area contributed by atoms with E-state index < -0.39 is 0 Å². The average molecular weight is 383 g/mol. The van der Waals surface area contributed by atoms with E-state index in [1.54, 1.807) is 7.11 Å². The van der Waals surface area contributed by atoms with Gasteiger partial charge in [-0.1, -0.05) is 38.1 Å². The van der Waals surface area contributed by atoms with E-state index in [0.29, 0.717) is 12.5 Å². The highest BCUT2D eigenvalue weighted by Gasteiger charge is 2.23. The van der Waals surface area contributed by atoms with Gasteiger partial charge in [-0.25, -0.2) is 0 Å². The summed E-state index contributed by atoms with van der Waals surface area (Å²) in [5.41, 5.74) is 3.33. The zero-order chi connectivity index (χ0) is 19.9. The quantitative estimate of drug-likeness (QED) is 0.774. The van der Waals surface area contributed by atoms with E-state index in [2.05, 4.69) is 42.3 Å². The van der Waals surface area contributed by atoms with Gasteiger partial charge in [-0.3, -0.25) is 4.79 Å². The number of methoxy groups -OCH3 is 1. The maximum Gasteiger partial charge on any atom is 0.279 e. The van der Waals surface area contributed by atoms with Crippen LogP contribution in [0.5, 0.6) is 5.75 Å². The number of piperazine rings is 1. The maximum absolute atomic E-state index is 12.4. The van der Waals surface area contributed by atoms with Gasteiger partial charge >= 0.3 is 0 Å². The zero-order valence-corrected chi connectivity index (χ0v) is 17.2. The molecule has 0 bridgehead atoms. The number of anilines is 2. The molecule has 2 aromatic rings. The maximum atomic E-state index is 12.4. The highest BCUT2D eigenvalue weighted by molar-refractivity contribution is 5.91. The summed E-state index contributed by atoms with van der Waals surface area (Å²) in [5, 5.41) is 3.04. The summed E-state index contributed by atoms with van der Waals surface area (Å²) in [6.45, 7) is 8.65. The molecule has 2 aromatic carbocycles. The molecule has 1 aliphatic heterocycles. The van der Waals surface area contributed by atoms with Gasteiger partial charge in [-0.2, -0.15) is 0 Å². The summed E-state index contributed by atoms with van der Waals surface area (Å²) in [7, 11) is 1.71. The molecule has 0 unspecified atom stereocenters. The van der Waals surface area contributed by atoms with Crippen molar-refractivity contribution >= 4 is 17.3 Å². The van der Waals surface area contributed by atoms with Crippen LogP contribution in [0.15, 0.2) is 48.5 Å². The molecule has 0 spiro atoms. The molecule has 5 heteroatoms.